The van der Waals surface area contributed by atoms with E-state index in [0.717, 1.165) is 26.2 Å². The van der Waals surface area contributed by atoms with E-state index in [4.69, 9.17) is 0 Å². The Morgan fingerprint density at radius 1 is 1.05 bits per heavy atom. The zero-order valence-electron chi connectivity index (χ0n) is 13.0. The molecule has 0 unspecified atom stereocenters. The molecule has 1 heterocycles. The van der Waals surface area contributed by atoms with E-state index in [9.17, 15) is 0 Å². The number of nitrogens with zero attached hydrogens (tertiary/aromatic N) is 1. The Morgan fingerprint density at radius 3 is 2.62 bits per heavy atom. The Labute approximate surface area is 128 Å². The van der Waals surface area contributed by atoms with Crippen molar-refractivity contribution in [2.75, 3.05) is 26.2 Å². The van der Waals surface area contributed by atoms with E-state index < -0.39 is 0 Å². The molecule has 2 heteroatoms. The first-order valence-electron chi connectivity index (χ1n) is 8.32. The maximum Gasteiger partial charge on any atom is 0.0355 e. The fourth-order valence-corrected chi connectivity index (χ4v) is 3.47. The number of piperazine rings is 1. The lowest BCUT2D eigenvalue weighted by Gasteiger charge is -2.36. The zero-order valence-corrected chi connectivity index (χ0v) is 13.0. The number of nitrogens with one attached hydrogen (secondary N) is 1. The van der Waals surface area contributed by atoms with Gasteiger partial charge in [-0.05, 0) is 22.8 Å². The van der Waals surface area contributed by atoms with E-state index in [-0.39, 0.29) is 0 Å². The molecule has 0 radical (unpaired) electrons. The molecule has 2 aromatic carbocycles. The second kappa shape index (κ2) is 7.06. The molecule has 2 aromatic rings. The van der Waals surface area contributed by atoms with E-state index in [1.54, 1.807) is 0 Å². The average molecular weight is 282 g/mol. The lowest BCUT2D eigenvalue weighted by atomic mass is 9.93. The summed E-state index contributed by atoms with van der Waals surface area (Å²) in [5.74, 6) is 0. The van der Waals surface area contributed by atoms with E-state index in [2.05, 4.69) is 59.6 Å². The second-order valence-electron chi connectivity index (χ2n) is 6.01. The Hall–Kier alpha value is -1.38. The van der Waals surface area contributed by atoms with E-state index >= 15 is 0 Å². The highest BCUT2D eigenvalue weighted by Crippen LogP contribution is 2.32. The molecule has 0 bridgehead atoms. The van der Waals surface area contributed by atoms with Crippen LogP contribution in [0.15, 0.2) is 42.5 Å². The number of rotatable bonds is 5. The Balaban J connectivity index is 1.96. The highest BCUT2D eigenvalue weighted by atomic mass is 15.2. The number of hydrogen-bond acceptors (Lipinski definition) is 2. The van der Waals surface area contributed by atoms with Gasteiger partial charge in [0.05, 0.1) is 0 Å². The summed E-state index contributed by atoms with van der Waals surface area (Å²) in [6.45, 7) is 6.86. The van der Waals surface area contributed by atoms with Crippen molar-refractivity contribution in [3.8, 4) is 0 Å². The van der Waals surface area contributed by atoms with E-state index in [0.29, 0.717) is 6.04 Å². The van der Waals surface area contributed by atoms with Crippen LogP contribution in [0.3, 0.4) is 0 Å². The van der Waals surface area contributed by atoms with Gasteiger partial charge in [0, 0.05) is 32.2 Å². The zero-order chi connectivity index (χ0) is 14.5. The average Bonchev–Trinajstić information content (AvgIpc) is 2.56. The van der Waals surface area contributed by atoms with Crippen molar-refractivity contribution in [3.63, 3.8) is 0 Å². The third-order valence-corrected chi connectivity index (χ3v) is 4.61. The minimum Gasteiger partial charge on any atom is -0.314 e. The highest BCUT2D eigenvalue weighted by Gasteiger charge is 2.22. The normalized spacial score (nSPS) is 18.0. The molecule has 1 saturated heterocycles. The maximum absolute atomic E-state index is 3.47. The van der Waals surface area contributed by atoms with Crippen molar-refractivity contribution in [2.45, 2.75) is 32.2 Å². The van der Waals surface area contributed by atoms with Gasteiger partial charge in [-0.15, -0.1) is 0 Å². The molecule has 112 valence electrons. The lowest BCUT2D eigenvalue weighted by Crippen LogP contribution is -2.45. The summed E-state index contributed by atoms with van der Waals surface area (Å²) in [5, 5.41) is 6.27. The Morgan fingerprint density at radius 2 is 1.81 bits per heavy atom. The number of fused-ring (bicyclic) bond motifs is 1. The summed E-state index contributed by atoms with van der Waals surface area (Å²) < 4.78 is 0. The maximum atomic E-state index is 3.47. The Kier molecular flexibility index (Phi) is 4.89. The highest BCUT2D eigenvalue weighted by molar-refractivity contribution is 5.86. The van der Waals surface area contributed by atoms with Gasteiger partial charge >= 0.3 is 0 Å². The predicted molar refractivity (Wildman–Crippen MR) is 90.7 cm³/mol. The van der Waals surface area contributed by atoms with Gasteiger partial charge in [-0.3, -0.25) is 4.90 Å². The fourth-order valence-electron chi connectivity index (χ4n) is 3.47. The monoisotopic (exact) mass is 282 g/mol. The number of unbranched alkanes of at least 4 members (excludes halogenated alkanes) is 1. The van der Waals surface area contributed by atoms with Crippen LogP contribution >= 0.6 is 0 Å². The molecule has 1 aliphatic heterocycles. The van der Waals surface area contributed by atoms with Crippen LogP contribution in [-0.4, -0.2) is 31.1 Å². The van der Waals surface area contributed by atoms with Crippen molar-refractivity contribution in [3.05, 3.63) is 48.0 Å². The topological polar surface area (TPSA) is 15.3 Å². The van der Waals surface area contributed by atoms with Crippen molar-refractivity contribution in [1.82, 2.24) is 10.2 Å². The van der Waals surface area contributed by atoms with E-state index in [1.807, 2.05) is 0 Å². The van der Waals surface area contributed by atoms with Crippen LogP contribution in [0.5, 0.6) is 0 Å². The van der Waals surface area contributed by atoms with E-state index in [1.165, 1.54) is 35.6 Å². The molecule has 0 aromatic heterocycles. The molecule has 1 atom stereocenters. The SMILES string of the molecule is CCCC[C@H](c1cccc2ccccc12)N1CCNCC1. The molecule has 1 N–H and O–H groups in total. The van der Waals surface area contributed by atoms with Crippen LogP contribution in [0.2, 0.25) is 0 Å². The molecule has 0 saturated carbocycles. The van der Waals surface area contributed by atoms with Gasteiger partial charge in [0.25, 0.3) is 0 Å². The largest absolute Gasteiger partial charge is 0.314 e. The Bertz CT molecular complexity index is 567. The third-order valence-electron chi connectivity index (χ3n) is 4.61. The first-order chi connectivity index (χ1) is 10.4. The van der Waals surface area contributed by atoms with Gasteiger partial charge in [-0.25, -0.2) is 0 Å². The molecule has 1 fully saturated rings. The van der Waals surface area contributed by atoms with Gasteiger partial charge in [0.2, 0.25) is 0 Å². The first kappa shape index (κ1) is 14.6. The van der Waals surface area contributed by atoms with Crippen molar-refractivity contribution < 1.29 is 0 Å². The van der Waals surface area contributed by atoms with Crippen molar-refractivity contribution >= 4 is 10.8 Å². The first-order valence-corrected chi connectivity index (χ1v) is 8.32. The molecular formula is C19H26N2. The fraction of sp³-hybridized carbons (Fsp3) is 0.474. The molecule has 3 rings (SSSR count). The van der Waals surface area contributed by atoms with Gasteiger partial charge in [-0.2, -0.15) is 0 Å². The van der Waals surface area contributed by atoms with Crippen LogP contribution < -0.4 is 5.32 Å². The minimum atomic E-state index is 0.568. The van der Waals surface area contributed by atoms with Crippen molar-refractivity contribution in [1.29, 1.82) is 0 Å². The summed E-state index contributed by atoms with van der Waals surface area (Å²) >= 11 is 0. The van der Waals surface area contributed by atoms with Gasteiger partial charge in [0.1, 0.15) is 0 Å². The minimum absolute atomic E-state index is 0.568. The molecule has 0 amide bonds. The molecule has 1 aliphatic rings. The molecule has 21 heavy (non-hydrogen) atoms. The summed E-state index contributed by atoms with van der Waals surface area (Å²) in [5.41, 5.74) is 1.52. The molecular weight excluding hydrogens is 256 g/mol. The summed E-state index contributed by atoms with van der Waals surface area (Å²) in [7, 11) is 0. The number of benzene rings is 2. The molecule has 0 aliphatic carbocycles. The van der Waals surface area contributed by atoms with Crippen molar-refractivity contribution in [2.24, 2.45) is 0 Å². The third kappa shape index (κ3) is 3.28. The van der Waals surface area contributed by atoms with Crippen LogP contribution in [0, 0.1) is 0 Å². The quantitative estimate of drug-likeness (QED) is 0.892. The molecule has 2 nitrogen and oxygen atoms in total. The lowest BCUT2D eigenvalue weighted by molar-refractivity contribution is 0.164. The van der Waals surface area contributed by atoms with Crippen LogP contribution in [0.4, 0.5) is 0 Å². The van der Waals surface area contributed by atoms with Crippen LogP contribution in [0.25, 0.3) is 10.8 Å². The van der Waals surface area contributed by atoms with Gasteiger partial charge in [-0.1, -0.05) is 62.2 Å². The standard InChI is InChI=1S/C19H26N2/c1-2-3-11-19(21-14-12-20-13-15-21)18-10-6-8-16-7-4-5-9-17(16)18/h4-10,19-20H,2-3,11-15H2,1H3/t19-/m1/s1. The summed E-state index contributed by atoms with van der Waals surface area (Å²) in [6.07, 6.45) is 3.84. The van der Waals surface area contributed by atoms with Gasteiger partial charge in [0.15, 0.2) is 0 Å². The summed E-state index contributed by atoms with van der Waals surface area (Å²) in [4.78, 5) is 2.67. The second-order valence-corrected chi connectivity index (χ2v) is 6.01. The predicted octanol–water partition coefficient (Wildman–Crippen LogP) is 3.98. The van der Waals surface area contributed by atoms with Crippen LogP contribution in [-0.2, 0) is 0 Å². The summed E-state index contributed by atoms with van der Waals surface area (Å²) in [6, 6.07) is 16.2. The van der Waals surface area contributed by atoms with Crippen LogP contribution in [0.1, 0.15) is 37.8 Å². The number of hydrogen-bond donors (Lipinski definition) is 1. The van der Waals surface area contributed by atoms with Gasteiger partial charge < -0.3 is 5.32 Å². The molecule has 0 spiro atoms. The smallest absolute Gasteiger partial charge is 0.0355 e.